The van der Waals surface area contributed by atoms with Gasteiger partial charge in [0.2, 0.25) is 0 Å². The van der Waals surface area contributed by atoms with Crippen LogP contribution in [0, 0.1) is 52.0 Å². The molecule has 3 heterocycles. The van der Waals surface area contributed by atoms with E-state index >= 15 is 0 Å². The van der Waals surface area contributed by atoms with Crippen LogP contribution in [0.4, 0.5) is 0 Å². The molecule has 0 aliphatic heterocycles. The molecule has 10 rings (SSSR count). The summed E-state index contributed by atoms with van der Waals surface area (Å²) in [5.74, 6) is 0.00868. The molecule has 0 saturated heterocycles. The number of furan rings is 1. The Kier molecular flexibility index (Phi) is 9.18. The minimum Gasteiger partial charge on any atom is -0.501 e. The van der Waals surface area contributed by atoms with Crippen LogP contribution in [0.3, 0.4) is 0 Å². The van der Waals surface area contributed by atoms with Gasteiger partial charge in [0.05, 0.1) is 11.4 Å². The Morgan fingerprint density at radius 2 is 1.47 bits per heavy atom. The predicted molar refractivity (Wildman–Crippen MR) is 253 cm³/mol. The Morgan fingerprint density at radius 3 is 2.24 bits per heavy atom. The molecule has 1 radical (unpaired) electrons. The third kappa shape index (κ3) is 8.49. The summed E-state index contributed by atoms with van der Waals surface area (Å²) >= 11 is 0. The third-order valence-electron chi connectivity index (χ3n) is 12.0. The van der Waals surface area contributed by atoms with Crippen molar-refractivity contribution in [3.05, 3.63) is 185 Å². The van der Waals surface area contributed by atoms with E-state index in [-0.39, 0.29) is 53.3 Å². The van der Waals surface area contributed by atoms with Crippen LogP contribution in [0.15, 0.2) is 144 Å². The zero-order valence-corrected chi connectivity index (χ0v) is 37.6. The third-order valence-corrected chi connectivity index (χ3v) is 12.0. The standard InChI is InChI=1S/C40H38NO.C17H15N2.Ir/c1-25-21-29(28-17-19-40(4,5)20-18-28)13-15-31(25)30-14-16-32(26(2)22-30)36-23-37(41-24-27(36)3)35-11-8-10-34-33-9-6-7-12-38(33)42-39(34)35;1-13-7-6-8-14(2)16(13)19-12-11-18-17(19)15-9-4-3-5-10-15;/h6-10,12-16,21-24,28H,17-20H2,1-5H3;3-9,11-12H,1-2H3;/q2*-1;/i1D3,2D3,3D3,28D;;. The van der Waals surface area contributed by atoms with Crippen LogP contribution in [0.5, 0.6) is 0 Å². The van der Waals surface area contributed by atoms with Crippen LogP contribution in [0.25, 0.3) is 72.5 Å². The molecular formula is C57H53IrN3O-2. The van der Waals surface area contributed by atoms with E-state index in [4.69, 9.17) is 16.8 Å². The molecule has 313 valence electrons. The minimum atomic E-state index is -2.70. The SMILES string of the molecule is Cc1cccc(C)c1-n1ccnc1-c1[c-]cccc1.[2H]C([2H])([2H])c1cc(C2([2H])CCC(C)(C)CC2)ccc1-c1ccc(-c2cc(-c3[c-]ccc4c3oc3ccccc34)ncc2C([2H])([2H])[2H])c(C([2H])([2H])[2H])c1.[Ir]. The van der Waals surface area contributed by atoms with Crippen molar-refractivity contribution in [2.75, 3.05) is 0 Å². The van der Waals surface area contributed by atoms with Crippen LogP contribution in [0.2, 0.25) is 0 Å². The number of pyridine rings is 1. The predicted octanol–water partition coefficient (Wildman–Crippen LogP) is 15.3. The summed E-state index contributed by atoms with van der Waals surface area (Å²) in [6.45, 7) is 0.738. The van der Waals surface area contributed by atoms with Crippen LogP contribution < -0.4 is 0 Å². The van der Waals surface area contributed by atoms with Crippen molar-refractivity contribution in [2.45, 2.75) is 79.8 Å². The molecule has 1 aliphatic carbocycles. The van der Waals surface area contributed by atoms with Gasteiger partial charge in [0.25, 0.3) is 0 Å². The van der Waals surface area contributed by atoms with Crippen LogP contribution in [0.1, 0.15) is 92.5 Å². The maximum Gasteiger partial charge on any atom is 0.120 e. The molecule has 5 heteroatoms. The van der Waals surface area contributed by atoms with Crippen molar-refractivity contribution in [1.82, 2.24) is 14.5 Å². The number of aromatic nitrogens is 3. The van der Waals surface area contributed by atoms with Gasteiger partial charge in [-0.25, -0.2) is 0 Å². The number of imidazole rings is 1. The van der Waals surface area contributed by atoms with Gasteiger partial charge in [-0.1, -0.05) is 104 Å². The van der Waals surface area contributed by atoms with Gasteiger partial charge < -0.3 is 14.0 Å². The summed E-state index contributed by atoms with van der Waals surface area (Å²) in [5.41, 5.74) is 8.28. The molecule has 9 aromatic rings. The second-order valence-corrected chi connectivity index (χ2v) is 16.7. The van der Waals surface area contributed by atoms with Crippen LogP contribution >= 0.6 is 0 Å². The molecule has 1 aliphatic rings. The van der Waals surface area contributed by atoms with E-state index in [2.05, 4.69) is 72.6 Å². The fourth-order valence-corrected chi connectivity index (χ4v) is 8.58. The van der Waals surface area contributed by atoms with Gasteiger partial charge in [-0.05, 0) is 139 Å². The maximum atomic E-state index is 9.26. The van der Waals surface area contributed by atoms with E-state index in [9.17, 15) is 1.37 Å². The Hall–Kier alpha value is -5.87. The van der Waals surface area contributed by atoms with Gasteiger partial charge in [0.15, 0.2) is 0 Å². The van der Waals surface area contributed by atoms with Gasteiger partial charge in [-0.3, -0.25) is 4.98 Å². The molecule has 1 fully saturated rings. The Labute approximate surface area is 394 Å². The molecule has 0 amide bonds. The van der Waals surface area contributed by atoms with Gasteiger partial charge in [-0.15, -0.1) is 54.1 Å². The number of para-hydroxylation sites is 2. The largest absolute Gasteiger partial charge is 0.501 e. The van der Waals surface area contributed by atoms with Crippen molar-refractivity contribution in [3.8, 4) is 50.6 Å². The normalized spacial score (nSPS) is 17.2. The number of fused-ring (bicyclic) bond motifs is 3. The molecule has 4 nitrogen and oxygen atoms in total. The first-order valence-electron chi connectivity index (χ1n) is 25.7. The van der Waals surface area contributed by atoms with Crippen LogP contribution in [-0.2, 0) is 20.1 Å². The average molecular weight is 998 g/mol. The fourth-order valence-electron chi connectivity index (χ4n) is 8.58. The zero-order chi connectivity index (χ0) is 50.7. The van der Waals surface area contributed by atoms with Crippen molar-refractivity contribution in [1.29, 1.82) is 0 Å². The molecule has 1 saturated carbocycles. The summed E-state index contributed by atoms with van der Waals surface area (Å²) in [7, 11) is 0. The number of rotatable bonds is 6. The Balaban J connectivity index is 0.000000289. The van der Waals surface area contributed by atoms with E-state index in [1.807, 2.05) is 67.0 Å². The quantitative estimate of drug-likeness (QED) is 0.156. The first-order valence-corrected chi connectivity index (χ1v) is 20.7. The average Bonchev–Trinajstić information content (AvgIpc) is 3.97. The number of benzene rings is 6. The second kappa shape index (κ2) is 17.8. The minimum absolute atomic E-state index is 0. The summed E-state index contributed by atoms with van der Waals surface area (Å²) in [5, 5.41) is 1.73. The van der Waals surface area contributed by atoms with Crippen molar-refractivity contribution in [3.63, 3.8) is 0 Å². The summed E-state index contributed by atoms with van der Waals surface area (Å²) in [6, 6.07) is 43.1. The first kappa shape index (κ1) is 31.9. The summed E-state index contributed by atoms with van der Waals surface area (Å²) in [6.07, 6.45) is 8.02. The van der Waals surface area contributed by atoms with Gasteiger partial charge in [-0.2, -0.15) is 0 Å². The molecule has 0 unspecified atom stereocenters. The van der Waals surface area contributed by atoms with Crippen LogP contribution in [-0.4, -0.2) is 14.5 Å². The molecule has 6 aromatic carbocycles. The number of nitrogens with zero attached hydrogens (tertiary/aromatic N) is 3. The van der Waals surface area contributed by atoms with E-state index in [0.717, 1.165) is 35.0 Å². The van der Waals surface area contributed by atoms with Gasteiger partial charge in [0.1, 0.15) is 5.58 Å². The number of aryl methyl sites for hydroxylation is 5. The maximum absolute atomic E-state index is 9.26. The first-order chi connectivity index (χ1) is 33.5. The number of hydrogen-bond acceptors (Lipinski definition) is 3. The molecule has 62 heavy (non-hydrogen) atoms. The Morgan fingerprint density at radius 1 is 0.710 bits per heavy atom. The molecule has 0 spiro atoms. The van der Waals surface area contributed by atoms with Crippen molar-refractivity contribution >= 4 is 21.9 Å². The van der Waals surface area contributed by atoms with Crippen molar-refractivity contribution in [2.24, 2.45) is 5.41 Å². The van der Waals surface area contributed by atoms with E-state index < -0.39 is 26.4 Å². The summed E-state index contributed by atoms with van der Waals surface area (Å²) in [4.78, 5) is 8.98. The molecule has 0 atom stereocenters. The van der Waals surface area contributed by atoms with E-state index in [0.29, 0.717) is 52.0 Å². The molecule has 0 bridgehead atoms. The second-order valence-electron chi connectivity index (χ2n) is 16.7. The number of hydrogen-bond donors (Lipinski definition) is 0. The van der Waals surface area contributed by atoms with E-state index in [1.165, 1.54) is 29.1 Å². The fraction of sp³-hybridized carbons (Fsp3) is 0.228. The van der Waals surface area contributed by atoms with Gasteiger partial charge in [0, 0.05) is 63.5 Å². The molecular weight excluding hydrogens is 935 g/mol. The van der Waals surface area contributed by atoms with Gasteiger partial charge >= 0.3 is 0 Å². The summed E-state index contributed by atoms with van der Waals surface area (Å²) < 4.78 is 93.6. The smallest absolute Gasteiger partial charge is 0.120 e. The zero-order valence-electron chi connectivity index (χ0n) is 45.2. The van der Waals surface area contributed by atoms with Crippen molar-refractivity contribution < 1.29 is 38.2 Å². The molecule has 3 aromatic heterocycles. The van der Waals surface area contributed by atoms with E-state index in [1.54, 1.807) is 42.5 Å². The molecule has 0 N–H and O–H groups in total. The topological polar surface area (TPSA) is 43.9 Å². The monoisotopic (exact) mass is 998 g/mol. The Bertz CT molecular complexity index is 3390.